The SMILES string of the molecule is N[C]1CCC1c1ccc(Cl)cc1. The summed E-state index contributed by atoms with van der Waals surface area (Å²) in [5.41, 5.74) is 7.07. The predicted octanol–water partition coefficient (Wildman–Crippen LogP) is 2.71. The van der Waals surface area contributed by atoms with Gasteiger partial charge in [0.05, 0.1) is 0 Å². The largest absolute Gasteiger partial charge is 0.323 e. The van der Waals surface area contributed by atoms with E-state index in [1.807, 2.05) is 12.1 Å². The standard InChI is InChI=1S/C10H11ClN/c11-8-3-1-7(2-4-8)9-5-6-10(9)12/h1-4,9H,5-6,12H2. The minimum Gasteiger partial charge on any atom is -0.323 e. The summed E-state index contributed by atoms with van der Waals surface area (Å²) in [5, 5.41) is 0.789. The molecule has 2 rings (SSSR count). The van der Waals surface area contributed by atoms with Crippen molar-refractivity contribution in [3.63, 3.8) is 0 Å². The lowest BCUT2D eigenvalue weighted by Crippen LogP contribution is -2.28. The van der Waals surface area contributed by atoms with Crippen LogP contribution in [-0.2, 0) is 0 Å². The fourth-order valence-electron chi connectivity index (χ4n) is 1.53. The van der Waals surface area contributed by atoms with E-state index in [4.69, 9.17) is 17.3 Å². The molecule has 1 radical (unpaired) electrons. The molecule has 0 aliphatic heterocycles. The Hall–Kier alpha value is -0.530. The van der Waals surface area contributed by atoms with Crippen LogP contribution in [0.3, 0.4) is 0 Å². The molecule has 1 aliphatic carbocycles. The molecule has 1 aliphatic rings. The van der Waals surface area contributed by atoms with Crippen molar-refractivity contribution in [1.82, 2.24) is 0 Å². The van der Waals surface area contributed by atoms with Gasteiger partial charge in [0, 0.05) is 17.0 Å². The molecule has 0 saturated heterocycles. The van der Waals surface area contributed by atoms with E-state index >= 15 is 0 Å². The quantitative estimate of drug-likeness (QED) is 0.707. The van der Waals surface area contributed by atoms with Crippen LogP contribution >= 0.6 is 11.6 Å². The van der Waals surface area contributed by atoms with E-state index in [1.54, 1.807) is 0 Å². The van der Waals surface area contributed by atoms with Crippen molar-refractivity contribution in [2.24, 2.45) is 5.73 Å². The molecular formula is C10H11ClN. The number of rotatable bonds is 1. The maximum absolute atomic E-state index is 5.78. The smallest absolute Gasteiger partial charge is 0.0412 e. The molecule has 0 spiro atoms. The summed E-state index contributed by atoms with van der Waals surface area (Å²) in [5.74, 6) is 0.488. The van der Waals surface area contributed by atoms with Crippen molar-refractivity contribution in [1.29, 1.82) is 0 Å². The summed E-state index contributed by atoms with van der Waals surface area (Å²) in [7, 11) is 0. The molecule has 12 heavy (non-hydrogen) atoms. The average molecular weight is 181 g/mol. The van der Waals surface area contributed by atoms with Gasteiger partial charge < -0.3 is 5.73 Å². The van der Waals surface area contributed by atoms with Crippen LogP contribution in [0.4, 0.5) is 0 Å². The molecule has 0 bridgehead atoms. The molecular weight excluding hydrogens is 170 g/mol. The van der Waals surface area contributed by atoms with Crippen LogP contribution in [0.15, 0.2) is 24.3 Å². The monoisotopic (exact) mass is 180 g/mol. The van der Waals surface area contributed by atoms with Gasteiger partial charge in [0.1, 0.15) is 0 Å². The first kappa shape index (κ1) is 8.09. The second-order valence-corrected chi connectivity index (χ2v) is 3.65. The molecule has 1 atom stereocenters. The van der Waals surface area contributed by atoms with Crippen molar-refractivity contribution in [2.75, 3.05) is 0 Å². The molecule has 1 fully saturated rings. The number of hydrogen-bond acceptors (Lipinski definition) is 1. The first-order valence-electron chi connectivity index (χ1n) is 4.14. The highest BCUT2D eigenvalue weighted by Gasteiger charge is 2.29. The van der Waals surface area contributed by atoms with Crippen molar-refractivity contribution in [3.05, 3.63) is 40.9 Å². The average Bonchev–Trinajstić information content (AvgIpc) is 2.06. The van der Waals surface area contributed by atoms with E-state index in [1.165, 1.54) is 12.0 Å². The highest BCUT2D eigenvalue weighted by Crippen LogP contribution is 2.40. The highest BCUT2D eigenvalue weighted by atomic mass is 35.5. The van der Waals surface area contributed by atoms with Gasteiger partial charge in [-0.05, 0) is 30.5 Å². The number of hydrogen-bond donors (Lipinski definition) is 1. The van der Waals surface area contributed by atoms with Gasteiger partial charge in [0.25, 0.3) is 0 Å². The molecule has 0 heterocycles. The molecule has 0 aromatic heterocycles. The Kier molecular flexibility index (Phi) is 2.07. The van der Waals surface area contributed by atoms with Gasteiger partial charge in [-0.2, -0.15) is 0 Å². The third-order valence-electron chi connectivity index (χ3n) is 2.44. The van der Waals surface area contributed by atoms with E-state index in [0.717, 1.165) is 17.5 Å². The molecule has 1 aromatic carbocycles. The minimum absolute atomic E-state index is 0.488. The summed E-state index contributed by atoms with van der Waals surface area (Å²) in [6.45, 7) is 0. The third-order valence-corrected chi connectivity index (χ3v) is 2.69. The van der Waals surface area contributed by atoms with Crippen molar-refractivity contribution in [3.8, 4) is 0 Å². The van der Waals surface area contributed by atoms with Gasteiger partial charge in [-0.1, -0.05) is 23.7 Å². The Bertz CT molecular complexity index is 268. The molecule has 2 heteroatoms. The fraction of sp³-hybridized carbons (Fsp3) is 0.300. The summed E-state index contributed by atoms with van der Waals surface area (Å²) in [6.07, 6.45) is 2.26. The zero-order valence-corrected chi connectivity index (χ0v) is 7.51. The Morgan fingerprint density at radius 2 is 1.92 bits per heavy atom. The van der Waals surface area contributed by atoms with Crippen LogP contribution in [0.2, 0.25) is 5.02 Å². The van der Waals surface area contributed by atoms with Crippen LogP contribution in [0, 0.1) is 6.04 Å². The Balaban J connectivity index is 2.18. The molecule has 63 valence electrons. The van der Waals surface area contributed by atoms with Crippen LogP contribution in [0.25, 0.3) is 0 Å². The second-order valence-electron chi connectivity index (χ2n) is 3.22. The summed E-state index contributed by atoms with van der Waals surface area (Å²) >= 11 is 5.78. The molecule has 1 unspecified atom stereocenters. The van der Waals surface area contributed by atoms with Gasteiger partial charge in [-0.15, -0.1) is 0 Å². The number of benzene rings is 1. The summed E-state index contributed by atoms with van der Waals surface area (Å²) in [6, 6.07) is 9.06. The van der Waals surface area contributed by atoms with E-state index < -0.39 is 0 Å². The van der Waals surface area contributed by atoms with Gasteiger partial charge >= 0.3 is 0 Å². The van der Waals surface area contributed by atoms with Crippen LogP contribution in [0.1, 0.15) is 24.3 Å². The van der Waals surface area contributed by atoms with E-state index in [-0.39, 0.29) is 0 Å². The molecule has 0 amide bonds. The fourth-order valence-corrected chi connectivity index (χ4v) is 1.66. The first-order valence-corrected chi connectivity index (χ1v) is 4.52. The number of halogens is 1. The van der Waals surface area contributed by atoms with E-state index in [0.29, 0.717) is 5.92 Å². The summed E-state index contributed by atoms with van der Waals surface area (Å²) in [4.78, 5) is 0. The van der Waals surface area contributed by atoms with Crippen LogP contribution in [-0.4, -0.2) is 0 Å². The topological polar surface area (TPSA) is 26.0 Å². The van der Waals surface area contributed by atoms with Crippen molar-refractivity contribution < 1.29 is 0 Å². The maximum atomic E-state index is 5.78. The third kappa shape index (κ3) is 1.35. The Morgan fingerprint density at radius 1 is 1.25 bits per heavy atom. The molecule has 1 nitrogen and oxygen atoms in total. The molecule has 1 aromatic rings. The zero-order chi connectivity index (χ0) is 8.55. The van der Waals surface area contributed by atoms with E-state index in [2.05, 4.69) is 12.1 Å². The van der Waals surface area contributed by atoms with Crippen LogP contribution in [0.5, 0.6) is 0 Å². The first-order chi connectivity index (χ1) is 5.77. The van der Waals surface area contributed by atoms with Gasteiger partial charge in [0.2, 0.25) is 0 Å². The Labute approximate surface area is 77.5 Å². The lowest BCUT2D eigenvalue weighted by Gasteiger charge is -2.32. The van der Waals surface area contributed by atoms with Gasteiger partial charge in [0.15, 0.2) is 0 Å². The molecule has 2 N–H and O–H groups in total. The summed E-state index contributed by atoms with van der Waals surface area (Å²) < 4.78 is 0. The highest BCUT2D eigenvalue weighted by molar-refractivity contribution is 6.30. The van der Waals surface area contributed by atoms with E-state index in [9.17, 15) is 0 Å². The van der Waals surface area contributed by atoms with Gasteiger partial charge in [-0.25, -0.2) is 0 Å². The normalized spacial score (nSPS) is 23.7. The Morgan fingerprint density at radius 3 is 2.33 bits per heavy atom. The van der Waals surface area contributed by atoms with Gasteiger partial charge in [-0.3, -0.25) is 0 Å². The lowest BCUT2D eigenvalue weighted by atomic mass is 9.76. The predicted molar refractivity (Wildman–Crippen MR) is 50.9 cm³/mol. The minimum atomic E-state index is 0.488. The zero-order valence-electron chi connectivity index (χ0n) is 6.76. The van der Waals surface area contributed by atoms with Crippen molar-refractivity contribution in [2.45, 2.75) is 18.8 Å². The lowest BCUT2D eigenvalue weighted by molar-refractivity contribution is 0.459. The maximum Gasteiger partial charge on any atom is 0.0412 e. The van der Waals surface area contributed by atoms with Crippen LogP contribution < -0.4 is 5.73 Å². The number of nitrogens with two attached hydrogens (primary N) is 1. The van der Waals surface area contributed by atoms with Crippen molar-refractivity contribution >= 4 is 11.6 Å². The molecule has 1 saturated carbocycles. The second kappa shape index (κ2) is 3.08.